The molecular formula is C18H18ClN3. The normalized spacial score (nSPS) is 11.6. The maximum Gasteiger partial charge on any atom is 0.153 e. The number of rotatable bonds is 2. The molecule has 0 saturated heterocycles. The second kappa shape index (κ2) is 5.58. The molecule has 0 unspecified atom stereocenters. The second-order valence-corrected chi connectivity index (χ2v) is 6.73. The molecular weight excluding hydrogens is 294 g/mol. The van der Waals surface area contributed by atoms with E-state index in [1.807, 2.05) is 48.5 Å². The Balaban J connectivity index is 2.11. The summed E-state index contributed by atoms with van der Waals surface area (Å²) in [6.07, 6.45) is 0. The van der Waals surface area contributed by atoms with Gasteiger partial charge in [0.15, 0.2) is 5.82 Å². The van der Waals surface area contributed by atoms with E-state index in [-0.39, 0.29) is 5.41 Å². The van der Waals surface area contributed by atoms with Crippen molar-refractivity contribution in [3.05, 3.63) is 59.2 Å². The van der Waals surface area contributed by atoms with E-state index in [1.54, 1.807) is 0 Å². The zero-order valence-corrected chi connectivity index (χ0v) is 13.6. The summed E-state index contributed by atoms with van der Waals surface area (Å²) in [7, 11) is 0. The van der Waals surface area contributed by atoms with Crippen LogP contribution in [0.25, 0.3) is 11.0 Å². The molecule has 3 aromatic rings. The Kier molecular flexibility index (Phi) is 3.75. The van der Waals surface area contributed by atoms with E-state index in [0.29, 0.717) is 5.02 Å². The quantitative estimate of drug-likeness (QED) is 0.695. The Bertz CT molecular complexity index is 805. The van der Waals surface area contributed by atoms with Gasteiger partial charge in [-0.2, -0.15) is 0 Å². The smallest absolute Gasteiger partial charge is 0.153 e. The molecule has 112 valence electrons. The molecule has 3 nitrogen and oxygen atoms in total. The van der Waals surface area contributed by atoms with Crippen LogP contribution >= 0.6 is 11.6 Å². The van der Waals surface area contributed by atoms with Gasteiger partial charge in [0.25, 0.3) is 0 Å². The molecule has 0 atom stereocenters. The van der Waals surface area contributed by atoms with E-state index in [9.17, 15) is 0 Å². The molecule has 0 spiro atoms. The highest BCUT2D eigenvalue weighted by Crippen LogP contribution is 2.30. The Morgan fingerprint density at radius 2 is 1.45 bits per heavy atom. The third kappa shape index (κ3) is 3.04. The van der Waals surface area contributed by atoms with Gasteiger partial charge in [0.1, 0.15) is 0 Å². The molecule has 1 heterocycles. The lowest BCUT2D eigenvalue weighted by Crippen LogP contribution is -2.17. The lowest BCUT2D eigenvalue weighted by Gasteiger charge is -2.22. The summed E-state index contributed by atoms with van der Waals surface area (Å²) in [4.78, 5) is 9.56. The number of hydrogen-bond acceptors (Lipinski definition) is 3. The number of fused-ring (bicyclic) bond motifs is 1. The second-order valence-electron chi connectivity index (χ2n) is 6.29. The number of halogens is 1. The first-order valence-electron chi connectivity index (χ1n) is 7.23. The monoisotopic (exact) mass is 311 g/mol. The standard InChI is InChI=1S/C18H18ClN3/c1-18(2,3)16-17(20-13-10-8-12(19)9-11-13)22-15-7-5-4-6-14(15)21-16/h4-11H,1-3H3,(H,20,22). The fourth-order valence-electron chi connectivity index (χ4n) is 2.28. The van der Waals surface area contributed by atoms with Gasteiger partial charge in [-0.3, -0.25) is 0 Å². The van der Waals surface area contributed by atoms with Crippen LogP contribution in [0.1, 0.15) is 26.5 Å². The van der Waals surface area contributed by atoms with Crippen molar-refractivity contribution in [1.29, 1.82) is 0 Å². The van der Waals surface area contributed by atoms with Gasteiger partial charge in [-0.25, -0.2) is 9.97 Å². The number of aromatic nitrogens is 2. The molecule has 0 saturated carbocycles. The van der Waals surface area contributed by atoms with Crippen molar-refractivity contribution in [1.82, 2.24) is 9.97 Å². The summed E-state index contributed by atoms with van der Waals surface area (Å²) in [5.41, 5.74) is 3.58. The van der Waals surface area contributed by atoms with Crippen LogP contribution in [0, 0.1) is 0 Å². The zero-order valence-electron chi connectivity index (χ0n) is 12.9. The molecule has 4 heteroatoms. The largest absolute Gasteiger partial charge is 0.339 e. The number of nitrogens with one attached hydrogen (secondary N) is 1. The molecule has 0 radical (unpaired) electrons. The molecule has 3 rings (SSSR count). The summed E-state index contributed by atoms with van der Waals surface area (Å²) in [6.45, 7) is 6.41. The van der Waals surface area contributed by atoms with Crippen LogP contribution in [-0.2, 0) is 5.41 Å². The van der Waals surface area contributed by atoms with Gasteiger partial charge in [0.2, 0.25) is 0 Å². The minimum Gasteiger partial charge on any atom is -0.339 e. The van der Waals surface area contributed by atoms with Gasteiger partial charge in [-0.05, 0) is 36.4 Å². The Morgan fingerprint density at radius 3 is 2.05 bits per heavy atom. The summed E-state index contributed by atoms with van der Waals surface area (Å²) >= 11 is 5.94. The van der Waals surface area contributed by atoms with Gasteiger partial charge in [-0.15, -0.1) is 0 Å². The highest BCUT2D eigenvalue weighted by Gasteiger charge is 2.22. The van der Waals surface area contributed by atoms with Crippen LogP contribution in [-0.4, -0.2) is 9.97 Å². The lowest BCUT2D eigenvalue weighted by atomic mass is 9.91. The Hall–Kier alpha value is -2.13. The van der Waals surface area contributed by atoms with E-state index in [4.69, 9.17) is 21.6 Å². The third-order valence-corrected chi connectivity index (χ3v) is 3.64. The molecule has 0 amide bonds. The Labute approximate surface area is 135 Å². The maximum absolute atomic E-state index is 5.94. The topological polar surface area (TPSA) is 37.8 Å². The van der Waals surface area contributed by atoms with Crippen LogP contribution in [0.2, 0.25) is 5.02 Å². The first-order valence-corrected chi connectivity index (χ1v) is 7.61. The van der Waals surface area contributed by atoms with Crippen molar-refractivity contribution in [2.45, 2.75) is 26.2 Å². The number of benzene rings is 2. The number of nitrogens with zero attached hydrogens (tertiary/aromatic N) is 2. The van der Waals surface area contributed by atoms with E-state index in [2.05, 4.69) is 26.1 Å². The average molecular weight is 312 g/mol. The van der Waals surface area contributed by atoms with Crippen molar-refractivity contribution in [3.8, 4) is 0 Å². The summed E-state index contributed by atoms with van der Waals surface area (Å²) in [5.74, 6) is 0.786. The minimum atomic E-state index is -0.105. The van der Waals surface area contributed by atoms with Crippen molar-refractivity contribution >= 4 is 34.1 Å². The van der Waals surface area contributed by atoms with Crippen molar-refractivity contribution in [2.24, 2.45) is 0 Å². The van der Waals surface area contributed by atoms with E-state index >= 15 is 0 Å². The van der Waals surface area contributed by atoms with E-state index in [1.165, 1.54) is 0 Å². The highest BCUT2D eigenvalue weighted by atomic mass is 35.5. The molecule has 0 fully saturated rings. The van der Waals surface area contributed by atoms with E-state index < -0.39 is 0 Å². The summed E-state index contributed by atoms with van der Waals surface area (Å²) < 4.78 is 0. The molecule has 1 aromatic heterocycles. The molecule has 0 aliphatic rings. The molecule has 0 aliphatic heterocycles. The van der Waals surface area contributed by atoms with Gasteiger partial charge in [0, 0.05) is 16.1 Å². The lowest BCUT2D eigenvalue weighted by molar-refractivity contribution is 0.571. The van der Waals surface area contributed by atoms with Crippen LogP contribution in [0.4, 0.5) is 11.5 Å². The first kappa shape index (κ1) is 14.8. The van der Waals surface area contributed by atoms with Gasteiger partial charge < -0.3 is 5.32 Å². The predicted octanol–water partition coefficient (Wildman–Crippen LogP) is 5.32. The maximum atomic E-state index is 5.94. The van der Waals surface area contributed by atoms with Gasteiger partial charge >= 0.3 is 0 Å². The predicted molar refractivity (Wildman–Crippen MR) is 93.0 cm³/mol. The third-order valence-electron chi connectivity index (χ3n) is 3.39. The highest BCUT2D eigenvalue weighted by molar-refractivity contribution is 6.30. The average Bonchev–Trinajstić information content (AvgIpc) is 2.48. The van der Waals surface area contributed by atoms with Crippen molar-refractivity contribution < 1.29 is 0 Å². The molecule has 0 bridgehead atoms. The molecule has 0 aliphatic carbocycles. The summed E-state index contributed by atoms with van der Waals surface area (Å²) in [6, 6.07) is 15.5. The van der Waals surface area contributed by atoms with Crippen LogP contribution in [0.15, 0.2) is 48.5 Å². The minimum absolute atomic E-state index is 0.105. The number of anilines is 2. The molecule has 1 N–H and O–H groups in total. The van der Waals surface area contributed by atoms with Crippen molar-refractivity contribution in [3.63, 3.8) is 0 Å². The van der Waals surface area contributed by atoms with Gasteiger partial charge in [0.05, 0.1) is 16.7 Å². The van der Waals surface area contributed by atoms with Crippen LogP contribution in [0.5, 0.6) is 0 Å². The molecule has 22 heavy (non-hydrogen) atoms. The number of hydrogen-bond donors (Lipinski definition) is 1. The fourth-order valence-corrected chi connectivity index (χ4v) is 2.41. The van der Waals surface area contributed by atoms with Gasteiger partial charge in [-0.1, -0.05) is 44.5 Å². The van der Waals surface area contributed by atoms with Crippen LogP contribution in [0.3, 0.4) is 0 Å². The Morgan fingerprint density at radius 1 is 0.864 bits per heavy atom. The molecule has 2 aromatic carbocycles. The first-order chi connectivity index (χ1) is 10.4. The van der Waals surface area contributed by atoms with Crippen LogP contribution < -0.4 is 5.32 Å². The zero-order chi connectivity index (χ0) is 15.7. The fraction of sp³-hybridized carbons (Fsp3) is 0.222. The number of para-hydroxylation sites is 2. The SMILES string of the molecule is CC(C)(C)c1nc2ccccc2nc1Nc1ccc(Cl)cc1. The summed E-state index contributed by atoms with van der Waals surface area (Å²) in [5, 5.41) is 4.08. The van der Waals surface area contributed by atoms with Crippen molar-refractivity contribution in [2.75, 3.05) is 5.32 Å². The van der Waals surface area contributed by atoms with E-state index in [0.717, 1.165) is 28.2 Å².